The first-order valence-corrected chi connectivity index (χ1v) is 27.5. The van der Waals surface area contributed by atoms with Crippen molar-refractivity contribution >= 4 is 85.3 Å². The minimum atomic E-state index is -2.86. The molecule has 5 aliphatic rings. The summed E-state index contributed by atoms with van der Waals surface area (Å²) >= 11 is -2.86. The van der Waals surface area contributed by atoms with E-state index in [1.807, 2.05) is 96.6 Å². The molecule has 386 valence electrons. The van der Waals surface area contributed by atoms with Crippen LogP contribution in [0.1, 0.15) is 77.8 Å². The minimum absolute atomic E-state index is 0.0555. The summed E-state index contributed by atoms with van der Waals surface area (Å²) < 4.78 is 48.1. The number of fused-ring (bicyclic) bond motifs is 8. The lowest BCUT2D eigenvalue weighted by atomic mass is 10.1. The van der Waals surface area contributed by atoms with Gasteiger partial charge in [0.1, 0.15) is 18.5 Å². The van der Waals surface area contributed by atoms with Crippen molar-refractivity contribution in [3.63, 3.8) is 0 Å². The normalized spacial score (nSPS) is 19.4. The van der Waals surface area contributed by atoms with E-state index in [1.165, 1.54) is 28.7 Å². The van der Waals surface area contributed by atoms with Gasteiger partial charge in [0.25, 0.3) is 17.7 Å². The van der Waals surface area contributed by atoms with Crippen molar-refractivity contribution in [3.8, 4) is 23.0 Å². The molecule has 3 unspecified atom stereocenters. The van der Waals surface area contributed by atoms with Crippen LogP contribution in [0.15, 0.2) is 96.0 Å². The van der Waals surface area contributed by atoms with Crippen LogP contribution in [-0.2, 0) is 56.4 Å². The third-order valence-corrected chi connectivity index (χ3v) is 17.7. The molecule has 0 aliphatic carbocycles. The van der Waals surface area contributed by atoms with Gasteiger partial charge in [-0.1, -0.05) is 64.1 Å². The van der Waals surface area contributed by atoms with Crippen molar-refractivity contribution in [2.24, 2.45) is 4.99 Å². The van der Waals surface area contributed by atoms with Crippen LogP contribution in [0.5, 0.6) is 23.0 Å². The number of aliphatic hydroxyl groups excluding tert-OH is 1. The molecule has 1 saturated heterocycles. The Kier molecular flexibility index (Phi) is 14.6. The number of hydrogen-bond acceptors (Lipinski definition) is 18. The Morgan fingerprint density at radius 1 is 0.838 bits per heavy atom. The lowest BCUT2D eigenvalue weighted by Gasteiger charge is -2.35. The first kappa shape index (κ1) is 50.9. The number of aliphatic imine (C=N–C) groups is 1. The number of para-hydroxylation sites is 2. The maximum absolute atomic E-state index is 14.7. The zero-order valence-electron chi connectivity index (χ0n) is 41.0. The molecule has 5 atom stereocenters. The summed E-state index contributed by atoms with van der Waals surface area (Å²) in [6.45, 7) is 5.19. The maximum Gasteiger partial charge on any atom is 0.347 e. The summed E-state index contributed by atoms with van der Waals surface area (Å²) in [4.78, 5) is 72.1. The third kappa shape index (κ3) is 10.3. The summed E-state index contributed by atoms with van der Waals surface area (Å²) in [6.07, 6.45) is 1.99. The fourth-order valence-corrected chi connectivity index (χ4v) is 13.3. The predicted octanol–water partition coefficient (Wildman–Crippen LogP) is 7.19. The topological polar surface area (TPSA) is 213 Å². The fraction of sp³-hybridized carbons (Fsp3) is 0.358. The predicted molar refractivity (Wildman–Crippen MR) is 280 cm³/mol. The molecule has 10 rings (SSSR count). The van der Waals surface area contributed by atoms with Gasteiger partial charge in [-0.15, -0.1) is 5.06 Å². The van der Waals surface area contributed by atoms with E-state index in [9.17, 15) is 33.0 Å². The molecule has 18 nitrogen and oxygen atoms in total. The summed E-state index contributed by atoms with van der Waals surface area (Å²) in [5.74, 6) is -0.860. The van der Waals surface area contributed by atoms with Crippen molar-refractivity contribution in [2.45, 2.75) is 87.5 Å². The van der Waals surface area contributed by atoms with Gasteiger partial charge in [-0.05, 0) is 85.3 Å². The molecular weight excluding hydrogens is 1010 g/mol. The van der Waals surface area contributed by atoms with Crippen LogP contribution < -0.4 is 33.6 Å². The van der Waals surface area contributed by atoms with E-state index in [-0.39, 0.29) is 56.2 Å². The fourth-order valence-electron chi connectivity index (χ4n) is 10.1. The van der Waals surface area contributed by atoms with Gasteiger partial charge in [-0.3, -0.25) is 28.6 Å². The number of benzene rings is 4. The van der Waals surface area contributed by atoms with Gasteiger partial charge in [0, 0.05) is 78.1 Å². The number of anilines is 3. The molecule has 5 aromatic rings. The van der Waals surface area contributed by atoms with Crippen LogP contribution in [0.25, 0.3) is 0 Å². The van der Waals surface area contributed by atoms with E-state index in [4.69, 9.17) is 33.8 Å². The van der Waals surface area contributed by atoms with Crippen molar-refractivity contribution < 1.29 is 56.8 Å². The molecule has 21 heteroatoms. The minimum Gasteiger partial charge on any atom is -0.772 e. The van der Waals surface area contributed by atoms with Gasteiger partial charge in [0.05, 0.1) is 54.6 Å². The number of ether oxygens (including phenoxy) is 4. The number of pyridine rings is 1. The Morgan fingerprint density at radius 3 is 2.18 bits per heavy atom. The molecule has 1 fully saturated rings. The van der Waals surface area contributed by atoms with Crippen LogP contribution in [0.2, 0.25) is 0 Å². The standard InChI is InChI=1S/C53H54N6O12S3/c1-53(2,73-72-19-18-47(74(65)66)52(64)71-59-48(60)16-17-49(59)61)30-56-27-36-21-32-11-6-8-15-41(32)58(36)51(63)38-23-44(68-4)46(25-42(38)56)70-29-34-13-9-12-33(55-34)28-69-45-24-39-37(22-43(45)67-3)50(62)57-35(26-54-39)20-31-10-5-7-14-40(31)57/h5-15,22-26,35-36,47,50,62H,16-21,27-30H2,1-4H3,(H,65,66)/p-1/t35-,36-,47?,50?/m0/s1. The van der Waals surface area contributed by atoms with E-state index in [0.717, 1.165) is 28.9 Å². The number of methoxy groups -OCH3 is 2. The van der Waals surface area contributed by atoms with E-state index < -0.39 is 45.1 Å². The van der Waals surface area contributed by atoms with Crippen molar-refractivity contribution in [3.05, 3.63) is 125 Å². The number of carbonyl (C=O) groups is 4. The molecule has 0 radical (unpaired) electrons. The van der Waals surface area contributed by atoms with Crippen LogP contribution in [0.4, 0.5) is 22.7 Å². The van der Waals surface area contributed by atoms with Gasteiger partial charge in [-0.2, -0.15) is 0 Å². The largest absolute Gasteiger partial charge is 0.772 e. The van der Waals surface area contributed by atoms with E-state index in [2.05, 4.69) is 11.0 Å². The lowest BCUT2D eigenvalue weighted by Crippen LogP contribution is -2.45. The Balaban J connectivity index is 0.839. The number of nitrogens with zero attached hydrogens (tertiary/aromatic N) is 6. The Bertz CT molecular complexity index is 3070. The van der Waals surface area contributed by atoms with E-state index >= 15 is 0 Å². The Morgan fingerprint density at radius 2 is 1.49 bits per heavy atom. The number of amides is 3. The highest BCUT2D eigenvalue weighted by Gasteiger charge is 2.42. The number of rotatable bonds is 18. The number of imide groups is 1. The van der Waals surface area contributed by atoms with E-state index in [1.54, 1.807) is 25.3 Å². The van der Waals surface area contributed by atoms with Gasteiger partial charge in [0.2, 0.25) is 0 Å². The highest BCUT2D eigenvalue weighted by molar-refractivity contribution is 8.77. The second-order valence-corrected chi connectivity index (χ2v) is 23.2. The van der Waals surface area contributed by atoms with Crippen molar-refractivity contribution in [1.29, 1.82) is 0 Å². The van der Waals surface area contributed by atoms with E-state index in [0.29, 0.717) is 81.5 Å². The number of carbonyl (C=O) groups excluding carboxylic acids is 4. The molecule has 6 heterocycles. The molecule has 4 aromatic carbocycles. The molecule has 1 aromatic heterocycles. The first-order valence-electron chi connectivity index (χ1n) is 24.1. The average Bonchev–Trinajstić information content (AvgIpc) is 4.02. The molecule has 74 heavy (non-hydrogen) atoms. The third-order valence-electron chi connectivity index (χ3n) is 13.5. The van der Waals surface area contributed by atoms with Crippen LogP contribution in [-0.4, -0.2) is 109 Å². The number of hydroxylamine groups is 2. The summed E-state index contributed by atoms with van der Waals surface area (Å²) in [5.41, 5.74) is 7.57. The molecule has 3 amide bonds. The van der Waals surface area contributed by atoms with Crippen molar-refractivity contribution in [2.75, 3.05) is 47.8 Å². The van der Waals surface area contributed by atoms with Crippen molar-refractivity contribution in [1.82, 2.24) is 10.0 Å². The van der Waals surface area contributed by atoms with Gasteiger partial charge < -0.3 is 48.1 Å². The number of hydrogen-bond donors (Lipinski definition) is 1. The Labute approximate surface area is 438 Å². The van der Waals surface area contributed by atoms with Crippen LogP contribution >= 0.6 is 21.6 Å². The summed E-state index contributed by atoms with van der Waals surface area (Å²) in [6, 6.07) is 28.3. The SMILES string of the molecule is COc1cc2c(cc1OCc1cccc(COc3cc4c(cc3OC)C(=O)N3c5ccccc5C[C@H]3CN4CC(C)(C)SSCCC(C(=O)ON3C(=O)CCC3=O)S(=O)[O-])n1)N=C[C@@H]1Cc3ccccc3N1C2O. The van der Waals surface area contributed by atoms with Crippen LogP contribution in [0.3, 0.4) is 0 Å². The molecule has 1 N–H and O–H groups in total. The zero-order valence-corrected chi connectivity index (χ0v) is 43.4. The molecule has 0 bridgehead atoms. The molecule has 0 spiro atoms. The molecular formula is C53H53N6O12S3-. The quantitative estimate of drug-likeness (QED) is 0.0398. The zero-order chi connectivity index (χ0) is 51.8. The van der Waals surface area contributed by atoms with Gasteiger partial charge >= 0.3 is 5.97 Å². The summed E-state index contributed by atoms with van der Waals surface area (Å²) in [5, 5.41) is 10.4. The van der Waals surface area contributed by atoms with Gasteiger partial charge in [0.15, 0.2) is 29.2 Å². The highest BCUT2D eigenvalue weighted by Crippen LogP contribution is 2.47. The average molecular weight is 1060 g/mol. The van der Waals surface area contributed by atoms with Crippen LogP contribution in [0, 0.1) is 0 Å². The van der Waals surface area contributed by atoms with Gasteiger partial charge in [-0.25, -0.2) is 4.79 Å². The lowest BCUT2D eigenvalue weighted by molar-refractivity contribution is -0.197. The second-order valence-electron chi connectivity index (χ2n) is 19.0. The smallest absolute Gasteiger partial charge is 0.347 e. The molecule has 0 saturated carbocycles. The highest BCUT2D eigenvalue weighted by atomic mass is 33.1. The first-order chi connectivity index (χ1) is 35.7. The second kappa shape index (κ2) is 21.3. The Hall–Kier alpha value is -6.65. The maximum atomic E-state index is 14.7. The monoisotopic (exact) mass is 1060 g/mol. The number of aliphatic hydroxyl groups is 1. The summed E-state index contributed by atoms with van der Waals surface area (Å²) in [7, 11) is 5.96. The molecule has 5 aliphatic heterocycles. The number of aromatic nitrogens is 1.